The van der Waals surface area contributed by atoms with Crippen LogP contribution in [-0.2, 0) is 6.42 Å². The molecule has 4 aromatic rings. The first-order valence-electron chi connectivity index (χ1n) is 8.37. The van der Waals surface area contributed by atoms with Gasteiger partial charge in [-0.05, 0) is 42.3 Å². The van der Waals surface area contributed by atoms with Crippen LogP contribution >= 0.6 is 0 Å². The van der Waals surface area contributed by atoms with Crippen molar-refractivity contribution in [2.24, 2.45) is 0 Å². The van der Waals surface area contributed by atoms with Crippen molar-refractivity contribution < 1.29 is 4.74 Å². The molecule has 0 amide bonds. The van der Waals surface area contributed by atoms with Gasteiger partial charge in [0.15, 0.2) is 5.65 Å². The summed E-state index contributed by atoms with van der Waals surface area (Å²) in [5.41, 5.74) is 6.16. The van der Waals surface area contributed by atoms with Crippen LogP contribution in [0.5, 0.6) is 5.75 Å². The van der Waals surface area contributed by atoms with E-state index in [1.165, 1.54) is 5.56 Å². The molecule has 2 aromatic heterocycles. The van der Waals surface area contributed by atoms with Crippen LogP contribution < -0.4 is 4.74 Å². The molecule has 2 aromatic carbocycles. The summed E-state index contributed by atoms with van der Waals surface area (Å²) in [6.07, 6.45) is 2.89. The highest BCUT2D eigenvalue weighted by Crippen LogP contribution is 2.25. The molecule has 0 bridgehead atoms. The molecule has 0 unspecified atom stereocenters. The van der Waals surface area contributed by atoms with E-state index in [9.17, 15) is 0 Å². The Morgan fingerprint density at radius 3 is 2.64 bits per heavy atom. The molecule has 0 aliphatic heterocycles. The van der Waals surface area contributed by atoms with E-state index in [0.717, 1.165) is 40.3 Å². The Bertz CT molecular complexity index is 1040. The summed E-state index contributed by atoms with van der Waals surface area (Å²) >= 11 is 0. The largest absolute Gasteiger partial charge is 0.497 e. The third-order valence-corrected chi connectivity index (χ3v) is 4.36. The second-order valence-electron chi connectivity index (χ2n) is 5.92. The van der Waals surface area contributed by atoms with Crippen molar-refractivity contribution in [3.05, 3.63) is 72.4 Å². The van der Waals surface area contributed by atoms with E-state index >= 15 is 0 Å². The van der Waals surface area contributed by atoms with Crippen LogP contribution in [0.4, 0.5) is 0 Å². The van der Waals surface area contributed by atoms with Crippen molar-refractivity contribution in [3.63, 3.8) is 0 Å². The van der Waals surface area contributed by atoms with Crippen molar-refractivity contribution in [2.75, 3.05) is 7.11 Å². The van der Waals surface area contributed by atoms with E-state index in [2.05, 4.69) is 36.2 Å². The lowest BCUT2D eigenvalue weighted by molar-refractivity contribution is 0.415. The zero-order valence-electron chi connectivity index (χ0n) is 14.3. The van der Waals surface area contributed by atoms with Crippen molar-refractivity contribution in [1.29, 1.82) is 0 Å². The summed E-state index contributed by atoms with van der Waals surface area (Å²) in [5.74, 6) is 0.820. The van der Waals surface area contributed by atoms with Gasteiger partial charge in [0, 0.05) is 11.1 Å². The maximum absolute atomic E-state index is 5.32. The molecule has 0 aliphatic carbocycles. The fraction of sp³-hybridized carbons (Fsp3) is 0.143. The Hall–Kier alpha value is -3.14. The predicted molar refractivity (Wildman–Crippen MR) is 99.8 cm³/mol. The summed E-state index contributed by atoms with van der Waals surface area (Å²) in [5, 5.41) is 4.81. The Balaban J connectivity index is 1.84. The molecule has 0 aliphatic rings. The maximum Gasteiger partial charge on any atom is 0.154 e. The van der Waals surface area contributed by atoms with Gasteiger partial charge in [-0.25, -0.2) is 9.50 Å². The monoisotopic (exact) mass is 329 g/mol. The maximum atomic E-state index is 5.32. The minimum Gasteiger partial charge on any atom is -0.497 e. The fourth-order valence-electron chi connectivity index (χ4n) is 2.96. The predicted octanol–water partition coefficient (Wildman–Crippen LogP) is 4.63. The summed E-state index contributed by atoms with van der Waals surface area (Å²) < 4.78 is 7.23. The van der Waals surface area contributed by atoms with Crippen molar-refractivity contribution in [2.45, 2.75) is 13.3 Å². The van der Waals surface area contributed by atoms with Gasteiger partial charge in [-0.1, -0.05) is 37.3 Å². The second kappa shape index (κ2) is 6.40. The first-order chi connectivity index (χ1) is 12.3. The van der Waals surface area contributed by atoms with E-state index in [4.69, 9.17) is 9.84 Å². The Labute approximate surface area is 146 Å². The molecule has 0 spiro atoms. The normalized spacial score (nSPS) is 11.0. The van der Waals surface area contributed by atoms with Crippen LogP contribution in [0.3, 0.4) is 0 Å². The lowest BCUT2D eigenvalue weighted by Crippen LogP contribution is -1.97. The van der Waals surface area contributed by atoms with Gasteiger partial charge in [-0.15, -0.1) is 0 Å². The molecule has 0 saturated carbocycles. The van der Waals surface area contributed by atoms with Gasteiger partial charge in [-0.2, -0.15) is 5.10 Å². The van der Waals surface area contributed by atoms with E-state index in [1.54, 1.807) is 7.11 Å². The van der Waals surface area contributed by atoms with Gasteiger partial charge < -0.3 is 4.74 Å². The number of benzene rings is 2. The Morgan fingerprint density at radius 1 is 0.960 bits per heavy atom. The molecule has 4 nitrogen and oxygen atoms in total. The quantitative estimate of drug-likeness (QED) is 0.548. The molecule has 0 saturated heterocycles. The Kier molecular flexibility index (Phi) is 3.94. The lowest BCUT2D eigenvalue weighted by atomic mass is 10.1. The molecule has 4 rings (SSSR count). The van der Waals surface area contributed by atoms with Crippen molar-refractivity contribution in [3.8, 4) is 28.3 Å². The minimum absolute atomic E-state index is 0.820. The number of aryl methyl sites for hydroxylation is 1. The SMILES string of the molecule is CCc1cccc(-c2cnc3ccc(-c4cccc(OC)c4)nn23)c1. The Morgan fingerprint density at radius 2 is 1.80 bits per heavy atom. The summed E-state index contributed by atoms with van der Waals surface area (Å²) in [4.78, 5) is 4.49. The molecular weight excluding hydrogens is 310 g/mol. The highest BCUT2D eigenvalue weighted by molar-refractivity contribution is 5.67. The number of nitrogens with zero attached hydrogens (tertiary/aromatic N) is 3. The molecule has 0 atom stereocenters. The first kappa shape index (κ1) is 15.4. The summed E-state index contributed by atoms with van der Waals surface area (Å²) in [6.45, 7) is 2.16. The highest BCUT2D eigenvalue weighted by Gasteiger charge is 2.10. The number of aromatic nitrogens is 3. The number of fused-ring (bicyclic) bond motifs is 1. The molecule has 0 N–H and O–H groups in total. The third-order valence-electron chi connectivity index (χ3n) is 4.36. The lowest BCUT2D eigenvalue weighted by Gasteiger charge is -2.07. The summed E-state index contributed by atoms with van der Waals surface area (Å²) in [6, 6.07) is 20.4. The number of imidazole rings is 1. The molecule has 25 heavy (non-hydrogen) atoms. The van der Waals surface area contributed by atoms with Crippen LogP contribution in [-0.4, -0.2) is 21.7 Å². The zero-order chi connectivity index (χ0) is 17.2. The van der Waals surface area contributed by atoms with Crippen LogP contribution in [0.1, 0.15) is 12.5 Å². The van der Waals surface area contributed by atoms with Gasteiger partial charge in [0.2, 0.25) is 0 Å². The van der Waals surface area contributed by atoms with Gasteiger partial charge >= 0.3 is 0 Å². The average Bonchev–Trinajstić information content (AvgIpc) is 3.11. The smallest absolute Gasteiger partial charge is 0.154 e. The van der Waals surface area contributed by atoms with E-state index in [-0.39, 0.29) is 0 Å². The number of hydrogen-bond acceptors (Lipinski definition) is 3. The highest BCUT2D eigenvalue weighted by atomic mass is 16.5. The third kappa shape index (κ3) is 2.87. The number of rotatable bonds is 4. The number of ether oxygens (including phenoxy) is 1. The molecule has 124 valence electrons. The van der Waals surface area contributed by atoms with E-state index in [0.29, 0.717) is 0 Å². The van der Waals surface area contributed by atoms with Crippen molar-refractivity contribution >= 4 is 5.65 Å². The molecule has 0 radical (unpaired) electrons. The molecule has 4 heteroatoms. The number of methoxy groups -OCH3 is 1. The van der Waals surface area contributed by atoms with Crippen LogP contribution in [0.2, 0.25) is 0 Å². The standard InChI is InChI=1S/C21H19N3O/c1-3-15-6-4-8-17(12-15)20-14-22-21-11-10-19(23-24(20)21)16-7-5-9-18(13-16)25-2/h4-14H,3H2,1-2H3. The zero-order valence-corrected chi connectivity index (χ0v) is 14.3. The number of hydrogen-bond donors (Lipinski definition) is 0. The molecule has 2 heterocycles. The first-order valence-corrected chi connectivity index (χ1v) is 8.37. The van der Waals surface area contributed by atoms with E-state index in [1.807, 2.05) is 47.1 Å². The topological polar surface area (TPSA) is 39.4 Å². The molecular formula is C21H19N3O. The second-order valence-corrected chi connectivity index (χ2v) is 5.92. The van der Waals surface area contributed by atoms with Crippen LogP contribution in [0, 0.1) is 0 Å². The van der Waals surface area contributed by atoms with E-state index < -0.39 is 0 Å². The van der Waals surface area contributed by atoms with Gasteiger partial charge in [0.1, 0.15) is 5.75 Å². The van der Waals surface area contributed by atoms with Gasteiger partial charge in [0.25, 0.3) is 0 Å². The molecule has 0 fully saturated rings. The minimum atomic E-state index is 0.820. The van der Waals surface area contributed by atoms with Crippen LogP contribution in [0.15, 0.2) is 66.9 Å². The average molecular weight is 329 g/mol. The fourth-order valence-corrected chi connectivity index (χ4v) is 2.96. The van der Waals surface area contributed by atoms with Gasteiger partial charge in [-0.3, -0.25) is 0 Å². The van der Waals surface area contributed by atoms with Crippen molar-refractivity contribution in [1.82, 2.24) is 14.6 Å². The summed E-state index contributed by atoms with van der Waals surface area (Å²) in [7, 11) is 1.67. The van der Waals surface area contributed by atoms with Gasteiger partial charge in [0.05, 0.1) is 24.7 Å². The van der Waals surface area contributed by atoms with Crippen LogP contribution in [0.25, 0.3) is 28.2 Å².